The molecule has 0 aromatic carbocycles. The van der Waals surface area contributed by atoms with Crippen molar-refractivity contribution in [3.63, 3.8) is 0 Å². The Hall–Kier alpha value is -2.49. The molecule has 0 saturated carbocycles. The molecular formula is C14H12N4. The molecule has 3 aromatic rings. The second kappa shape index (κ2) is 4.41. The molecule has 1 N–H and O–H groups in total. The van der Waals surface area contributed by atoms with Crippen LogP contribution in [0.5, 0.6) is 0 Å². The number of rotatable bonds is 2. The fraction of sp³-hybridized carbons (Fsp3) is 0.0714. The lowest BCUT2D eigenvalue weighted by atomic mass is 10.1. The van der Waals surface area contributed by atoms with Gasteiger partial charge in [-0.1, -0.05) is 6.07 Å². The largest absolute Gasteiger partial charge is 0.282 e. The van der Waals surface area contributed by atoms with Gasteiger partial charge in [0.25, 0.3) is 0 Å². The van der Waals surface area contributed by atoms with E-state index in [4.69, 9.17) is 0 Å². The number of aryl methyl sites for hydroxylation is 1. The van der Waals surface area contributed by atoms with Crippen molar-refractivity contribution in [2.75, 3.05) is 0 Å². The summed E-state index contributed by atoms with van der Waals surface area (Å²) in [7, 11) is 0. The number of H-pyrrole nitrogens is 1. The standard InChI is InChI=1S/C14H12N4/c1-10-12(9-17-18-10)14-6-5-11(8-16-14)13-4-2-3-7-15-13/h2-9H,1H3,(H,17,18). The van der Waals surface area contributed by atoms with Crippen molar-refractivity contribution in [1.82, 2.24) is 20.2 Å². The third-order valence-corrected chi connectivity index (χ3v) is 2.83. The van der Waals surface area contributed by atoms with Gasteiger partial charge in [0.05, 0.1) is 17.6 Å². The van der Waals surface area contributed by atoms with Crippen LogP contribution < -0.4 is 0 Å². The van der Waals surface area contributed by atoms with Gasteiger partial charge in [0.15, 0.2) is 0 Å². The highest BCUT2D eigenvalue weighted by molar-refractivity contribution is 5.65. The fourth-order valence-electron chi connectivity index (χ4n) is 1.85. The van der Waals surface area contributed by atoms with E-state index >= 15 is 0 Å². The Morgan fingerprint density at radius 1 is 0.944 bits per heavy atom. The summed E-state index contributed by atoms with van der Waals surface area (Å²) in [5.74, 6) is 0. The molecule has 4 heteroatoms. The number of nitrogens with one attached hydrogen (secondary N) is 1. The second-order valence-corrected chi connectivity index (χ2v) is 4.06. The molecule has 3 aromatic heterocycles. The molecule has 0 spiro atoms. The van der Waals surface area contributed by atoms with Crippen molar-refractivity contribution in [2.45, 2.75) is 6.92 Å². The van der Waals surface area contributed by atoms with Gasteiger partial charge in [-0.3, -0.25) is 15.1 Å². The third-order valence-electron chi connectivity index (χ3n) is 2.83. The summed E-state index contributed by atoms with van der Waals surface area (Å²) in [5, 5.41) is 6.91. The zero-order valence-corrected chi connectivity index (χ0v) is 9.96. The molecular weight excluding hydrogens is 224 g/mol. The minimum absolute atomic E-state index is 0.918. The molecule has 0 unspecified atom stereocenters. The van der Waals surface area contributed by atoms with Crippen LogP contribution in [0.3, 0.4) is 0 Å². The third kappa shape index (κ3) is 1.88. The molecule has 0 radical (unpaired) electrons. The van der Waals surface area contributed by atoms with E-state index in [2.05, 4.69) is 20.2 Å². The summed E-state index contributed by atoms with van der Waals surface area (Å²) in [5.41, 5.74) is 4.91. The summed E-state index contributed by atoms with van der Waals surface area (Å²) in [6.07, 6.45) is 5.41. The SMILES string of the molecule is Cc1[nH]ncc1-c1ccc(-c2ccccn2)cn1. The normalized spacial score (nSPS) is 10.5. The van der Waals surface area contributed by atoms with Gasteiger partial charge in [-0.25, -0.2) is 0 Å². The Bertz CT molecular complexity index is 641. The molecule has 0 atom stereocenters. The van der Waals surface area contributed by atoms with Crippen LogP contribution in [0.1, 0.15) is 5.69 Å². The first-order valence-electron chi connectivity index (χ1n) is 5.72. The van der Waals surface area contributed by atoms with E-state index in [9.17, 15) is 0 Å². The van der Waals surface area contributed by atoms with E-state index in [1.54, 1.807) is 12.4 Å². The van der Waals surface area contributed by atoms with Crippen LogP contribution in [0.4, 0.5) is 0 Å². The van der Waals surface area contributed by atoms with Crippen LogP contribution in [0.2, 0.25) is 0 Å². The topological polar surface area (TPSA) is 54.5 Å². The molecule has 0 amide bonds. The number of hydrogen-bond donors (Lipinski definition) is 1. The minimum atomic E-state index is 0.918. The Balaban J connectivity index is 1.97. The number of nitrogens with zero attached hydrogens (tertiary/aromatic N) is 3. The zero-order valence-electron chi connectivity index (χ0n) is 9.96. The van der Waals surface area contributed by atoms with Gasteiger partial charge in [-0.05, 0) is 31.2 Å². The predicted octanol–water partition coefficient (Wildman–Crippen LogP) is 2.84. The summed E-state index contributed by atoms with van der Waals surface area (Å²) in [4.78, 5) is 8.76. The number of pyridine rings is 2. The monoisotopic (exact) mass is 236 g/mol. The van der Waals surface area contributed by atoms with Crippen molar-refractivity contribution < 1.29 is 0 Å². The lowest BCUT2D eigenvalue weighted by molar-refractivity contribution is 1.05. The van der Waals surface area contributed by atoms with Crippen LogP contribution in [-0.4, -0.2) is 20.2 Å². The molecule has 0 aliphatic carbocycles. The van der Waals surface area contributed by atoms with Gasteiger partial charge in [-0.2, -0.15) is 5.10 Å². The second-order valence-electron chi connectivity index (χ2n) is 4.06. The lowest BCUT2D eigenvalue weighted by Crippen LogP contribution is -1.87. The van der Waals surface area contributed by atoms with Crippen LogP contribution in [0.25, 0.3) is 22.5 Å². The molecule has 88 valence electrons. The van der Waals surface area contributed by atoms with Crippen LogP contribution in [-0.2, 0) is 0 Å². The van der Waals surface area contributed by atoms with Crippen LogP contribution in [0.15, 0.2) is 48.9 Å². The van der Waals surface area contributed by atoms with Crippen molar-refractivity contribution in [1.29, 1.82) is 0 Å². The lowest BCUT2D eigenvalue weighted by Gasteiger charge is -2.02. The quantitative estimate of drug-likeness (QED) is 0.744. The maximum absolute atomic E-state index is 4.46. The molecule has 4 nitrogen and oxygen atoms in total. The average molecular weight is 236 g/mol. The van der Waals surface area contributed by atoms with Crippen molar-refractivity contribution >= 4 is 0 Å². The molecule has 0 aliphatic heterocycles. The molecule has 0 saturated heterocycles. The summed E-state index contributed by atoms with van der Waals surface area (Å²) >= 11 is 0. The van der Waals surface area contributed by atoms with Crippen LogP contribution in [0, 0.1) is 6.92 Å². The van der Waals surface area contributed by atoms with E-state index in [0.717, 1.165) is 28.2 Å². The maximum atomic E-state index is 4.46. The number of hydrogen-bond acceptors (Lipinski definition) is 3. The zero-order chi connectivity index (χ0) is 12.4. The van der Waals surface area contributed by atoms with Gasteiger partial charge < -0.3 is 0 Å². The Labute approximate surface area is 105 Å². The van der Waals surface area contributed by atoms with Crippen molar-refractivity contribution in [3.8, 4) is 22.5 Å². The fourth-order valence-corrected chi connectivity index (χ4v) is 1.85. The highest BCUT2D eigenvalue weighted by atomic mass is 15.1. The molecule has 0 bridgehead atoms. The average Bonchev–Trinajstić information content (AvgIpc) is 2.86. The van der Waals surface area contributed by atoms with E-state index in [-0.39, 0.29) is 0 Å². The van der Waals surface area contributed by atoms with Gasteiger partial charge >= 0.3 is 0 Å². The Morgan fingerprint density at radius 2 is 1.89 bits per heavy atom. The number of aromatic nitrogens is 4. The van der Waals surface area contributed by atoms with Gasteiger partial charge in [-0.15, -0.1) is 0 Å². The van der Waals surface area contributed by atoms with Gasteiger partial charge in [0.2, 0.25) is 0 Å². The first-order valence-corrected chi connectivity index (χ1v) is 5.72. The molecule has 0 aliphatic rings. The summed E-state index contributed by atoms with van der Waals surface area (Å²) in [6.45, 7) is 1.98. The summed E-state index contributed by atoms with van der Waals surface area (Å²) < 4.78 is 0. The maximum Gasteiger partial charge on any atom is 0.0736 e. The highest BCUT2D eigenvalue weighted by Crippen LogP contribution is 2.22. The Kier molecular flexibility index (Phi) is 2.61. The molecule has 3 rings (SSSR count). The number of aromatic amines is 1. The first kappa shape index (κ1) is 10.7. The van der Waals surface area contributed by atoms with Crippen molar-refractivity contribution in [3.05, 3.63) is 54.6 Å². The van der Waals surface area contributed by atoms with E-state index in [1.165, 1.54) is 0 Å². The minimum Gasteiger partial charge on any atom is -0.282 e. The predicted molar refractivity (Wildman–Crippen MR) is 69.8 cm³/mol. The van der Waals surface area contributed by atoms with Crippen molar-refractivity contribution in [2.24, 2.45) is 0 Å². The smallest absolute Gasteiger partial charge is 0.0736 e. The first-order chi connectivity index (χ1) is 8.84. The van der Waals surface area contributed by atoms with E-state index in [0.29, 0.717) is 0 Å². The van der Waals surface area contributed by atoms with E-state index in [1.807, 2.05) is 43.5 Å². The van der Waals surface area contributed by atoms with Gasteiger partial charge in [0, 0.05) is 29.2 Å². The molecule has 0 fully saturated rings. The van der Waals surface area contributed by atoms with E-state index < -0.39 is 0 Å². The Morgan fingerprint density at radius 3 is 2.50 bits per heavy atom. The highest BCUT2D eigenvalue weighted by Gasteiger charge is 2.05. The molecule has 3 heterocycles. The summed E-state index contributed by atoms with van der Waals surface area (Å²) in [6, 6.07) is 9.86. The van der Waals surface area contributed by atoms with Gasteiger partial charge in [0.1, 0.15) is 0 Å². The van der Waals surface area contributed by atoms with Crippen LogP contribution >= 0.6 is 0 Å². The molecule has 18 heavy (non-hydrogen) atoms.